The lowest BCUT2D eigenvalue weighted by atomic mass is 10.0. The van der Waals surface area contributed by atoms with Crippen LogP contribution in [0.5, 0.6) is 0 Å². The van der Waals surface area contributed by atoms with Gasteiger partial charge in [-0.3, -0.25) is 9.59 Å². The highest BCUT2D eigenvalue weighted by atomic mass is 16.1. The summed E-state index contributed by atoms with van der Waals surface area (Å²) in [4.78, 5) is 24.6. The van der Waals surface area contributed by atoms with E-state index in [1.165, 1.54) is 17.3 Å². The molecule has 4 rings (SSSR count). The van der Waals surface area contributed by atoms with Crippen LogP contribution in [-0.4, -0.2) is 10.9 Å². The molecule has 4 nitrogen and oxygen atoms in total. The van der Waals surface area contributed by atoms with E-state index < -0.39 is 0 Å². The summed E-state index contributed by atoms with van der Waals surface area (Å²) in [6.45, 7) is 4.00. The van der Waals surface area contributed by atoms with E-state index in [1.54, 1.807) is 0 Å². The fourth-order valence-electron chi connectivity index (χ4n) is 2.84. The van der Waals surface area contributed by atoms with Crippen molar-refractivity contribution in [2.24, 2.45) is 0 Å². The summed E-state index contributed by atoms with van der Waals surface area (Å²) in [7, 11) is 0. The highest BCUT2D eigenvalue weighted by Crippen LogP contribution is 2.23. The molecule has 4 heteroatoms. The van der Waals surface area contributed by atoms with Crippen LogP contribution in [0.3, 0.4) is 0 Å². The number of allylic oxidation sites excluding steroid dienone is 4. The molecule has 0 unspecified atom stereocenters. The second-order valence-corrected chi connectivity index (χ2v) is 5.76. The van der Waals surface area contributed by atoms with E-state index in [0.717, 1.165) is 36.6 Å². The number of H-pyrrole nitrogens is 1. The van der Waals surface area contributed by atoms with Crippen LogP contribution >= 0.6 is 0 Å². The summed E-state index contributed by atoms with van der Waals surface area (Å²) >= 11 is 0. The molecule has 0 fully saturated rings. The molecule has 2 aromatic rings. The van der Waals surface area contributed by atoms with Crippen LogP contribution in [0.25, 0.3) is 10.9 Å². The smallest absolute Gasteiger partial charge is 0.248 e. The van der Waals surface area contributed by atoms with Gasteiger partial charge in [-0.1, -0.05) is 44.2 Å². The number of nitrogens with one attached hydrogen (secondary N) is 2. The van der Waals surface area contributed by atoms with Crippen molar-refractivity contribution in [1.82, 2.24) is 10.3 Å². The number of rotatable bonds is 0. The van der Waals surface area contributed by atoms with Gasteiger partial charge in [0.15, 0.2) is 0 Å². The molecule has 0 spiro atoms. The first kappa shape index (κ1) is 18.7. The van der Waals surface area contributed by atoms with Crippen molar-refractivity contribution in [3.63, 3.8) is 0 Å². The molecule has 0 bridgehead atoms. The SMILES string of the molecule is CC.O=C1CCC2=C(CCCC=C2)N1.O=c1ccc2ccccc2[nH]1. The van der Waals surface area contributed by atoms with Crippen molar-refractivity contribution in [3.05, 3.63) is 70.2 Å². The van der Waals surface area contributed by atoms with Crippen LogP contribution in [0.1, 0.15) is 46.0 Å². The number of amides is 1. The monoisotopic (exact) mass is 338 g/mol. The number of pyridine rings is 1. The van der Waals surface area contributed by atoms with E-state index in [2.05, 4.69) is 22.5 Å². The molecule has 25 heavy (non-hydrogen) atoms. The van der Waals surface area contributed by atoms with E-state index in [-0.39, 0.29) is 11.5 Å². The normalized spacial score (nSPS) is 15.8. The minimum Gasteiger partial charge on any atom is -0.330 e. The molecule has 0 atom stereocenters. The fraction of sp³-hybridized carbons (Fsp3) is 0.333. The van der Waals surface area contributed by atoms with Crippen molar-refractivity contribution >= 4 is 16.8 Å². The maximum absolute atomic E-state index is 11.1. The molecule has 1 aromatic heterocycles. The van der Waals surface area contributed by atoms with Crippen molar-refractivity contribution in [2.45, 2.75) is 46.0 Å². The largest absolute Gasteiger partial charge is 0.330 e. The van der Waals surface area contributed by atoms with Gasteiger partial charge in [-0.05, 0) is 48.8 Å². The lowest BCUT2D eigenvalue weighted by Gasteiger charge is -2.17. The van der Waals surface area contributed by atoms with Gasteiger partial charge in [-0.25, -0.2) is 0 Å². The number of aromatic amines is 1. The molecule has 2 N–H and O–H groups in total. The second-order valence-electron chi connectivity index (χ2n) is 5.76. The van der Waals surface area contributed by atoms with Gasteiger partial charge in [0.05, 0.1) is 0 Å². The molecule has 1 amide bonds. The highest BCUT2D eigenvalue weighted by molar-refractivity contribution is 5.80. The molecule has 0 radical (unpaired) electrons. The van der Waals surface area contributed by atoms with Gasteiger partial charge in [0, 0.05) is 23.7 Å². The summed E-state index contributed by atoms with van der Waals surface area (Å²) in [5, 5.41) is 4.01. The van der Waals surface area contributed by atoms with E-state index in [1.807, 2.05) is 44.2 Å². The van der Waals surface area contributed by atoms with Crippen LogP contribution in [0, 0.1) is 0 Å². The Morgan fingerprint density at radius 1 is 0.920 bits per heavy atom. The lowest BCUT2D eigenvalue weighted by Crippen LogP contribution is -2.27. The van der Waals surface area contributed by atoms with Crippen molar-refractivity contribution in [2.75, 3.05) is 0 Å². The van der Waals surface area contributed by atoms with Gasteiger partial charge in [0.25, 0.3) is 0 Å². The molecule has 0 saturated heterocycles. The number of carbonyl (C=O) groups is 1. The quantitative estimate of drug-likeness (QED) is 0.746. The Morgan fingerprint density at radius 3 is 2.56 bits per heavy atom. The average Bonchev–Trinajstić information content (AvgIpc) is 2.88. The van der Waals surface area contributed by atoms with Crippen LogP contribution in [-0.2, 0) is 4.79 Å². The van der Waals surface area contributed by atoms with Crippen molar-refractivity contribution in [1.29, 1.82) is 0 Å². The van der Waals surface area contributed by atoms with Crippen molar-refractivity contribution in [3.8, 4) is 0 Å². The Hall–Kier alpha value is -2.62. The minimum atomic E-state index is -0.0521. The number of para-hydroxylation sites is 1. The van der Waals surface area contributed by atoms with Gasteiger partial charge >= 0.3 is 0 Å². The maximum Gasteiger partial charge on any atom is 0.248 e. The van der Waals surface area contributed by atoms with Crippen LogP contribution in [0.4, 0.5) is 0 Å². The molecule has 2 heterocycles. The van der Waals surface area contributed by atoms with Gasteiger partial charge in [-0.2, -0.15) is 0 Å². The topological polar surface area (TPSA) is 62.0 Å². The molecular weight excluding hydrogens is 312 g/mol. The van der Waals surface area contributed by atoms with E-state index >= 15 is 0 Å². The Morgan fingerprint density at radius 2 is 1.72 bits per heavy atom. The number of fused-ring (bicyclic) bond motifs is 1. The van der Waals surface area contributed by atoms with Gasteiger partial charge in [0.2, 0.25) is 11.5 Å². The van der Waals surface area contributed by atoms with Crippen LogP contribution in [0.15, 0.2) is 64.6 Å². The summed E-state index contributed by atoms with van der Waals surface area (Å²) in [6, 6.07) is 11.0. The van der Waals surface area contributed by atoms with Gasteiger partial charge in [0.1, 0.15) is 0 Å². The zero-order valence-electron chi connectivity index (χ0n) is 15.0. The average molecular weight is 338 g/mol. The predicted molar refractivity (Wildman–Crippen MR) is 103 cm³/mol. The molecule has 132 valence electrons. The van der Waals surface area contributed by atoms with E-state index in [9.17, 15) is 9.59 Å². The third-order valence-electron chi connectivity index (χ3n) is 4.05. The molecule has 0 saturated carbocycles. The molecule has 1 aromatic carbocycles. The van der Waals surface area contributed by atoms with Crippen LogP contribution < -0.4 is 10.9 Å². The zero-order chi connectivity index (χ0) is 18.1. The third kappa shape index (κ3) is 5.45. The minimum absolute atomic E-state index is 0.0521. The Bertz CT molecular complexity index is 831. The number of aromatic nitrogens is 1. The third-order valence-corrected chi connectivity index (χ3v) is 4.05. The maximum atomic E-state index is 11.1. The number of carbonyl (C=O) groups excluding carboxylic acids is 1. The molecule has 1 aliphatic carbocycles. The molecular formula is C21H26N2O2. The Kier molecular flexibility index (Phi) is 7.20. The number of benzene rings is 1. The van der Waals surface area contributed by atoms with E-state index in [0.29, 0.717) is 6.42 Å². The summed E-state index contributed by atoms with van der Waals surface area (Å²) < 4.78 is 0. The lowest BCUT2D eigenvalue weighted by molar-refractivity contribution is -0.120. The first-order valence-electron chi connectivity index (χ1n) is 8.99. The predicted octanol–water partition coefficient (Wildman–Crippen LogP) is 4.44. The summed E-state index contributed by atoms with van der Waals surface area (Å²) in [5.74, 6) is 0.184. The Balaban J connectivity index is 0.000000165. The highest BCUT2D eigenvalue weighted by Gasteiger charge is 2.16. The van der Waals surface area contributed by atoms with Crippen LogP contribution in [0.2, 0.25) is 0 Å². The number of hydrogen-bond acceptors (Lipinski definition) is 2. The number of hydrogen-bond donors (Lipinski definition) is 2. The summed E-state index contributed by atoms with van der Waals surface area (Å²) in [5.41, 5.74) is 3.34. The summed E-state index contributed by atoms with van der Waals surface area (Å²) in [6.07, 6.45) is 9.30. The fourth-order valence-corrected chi connectivity index (χ4v) is 2.84. The Labute approximate surface area is 148 Å². The van der Waals surface area contributed by atoms with Gasteiger partial charge < -0.3 is 10.3 Å². The standard InChI is InChI=1S/C10H13NO.C9H7NO.C2H6/c12-10-7-6-8-4-2-1-3-5-9(8)11-10;11-9-6-5-7-3-1-2-4-8(7)10-9;1-2/h2,4H,1,3,5-7H2,(H,11,12);1-6H,(H,10,11);1-2H3. The first-order chi connectivity index (χ1) is 12.2. The zero-order valence-corrected chi connectivity index (χ0v) is 15.0. The van der Waals surface area contributed by atoms with Crippen molar-refractivity contribution < 1.29 is 4.79 Å². The molecule has 2 aliphatic rings. The second kappa shape index (κ2) is 9.62. The van der Waals surface area contributed by atoms with Gasteiger partial charge in [-0.15, -0.1) is 0 Å². The first-order valence-corrected chi connectivity index (χ1v) is 8.99. The van der Waals surface area contributed by atoms with E-state index in [4.69, 9.17) is 0 Å². The molecule has 1 aliphatic heterocycles.